The van der Waals surface area contributed by atoms with Gasteiger partial charge in [0.25, 0.3) is 0 Å². The number of aliphatic carboxylic acids is 1. The lowest BCUT2D eigenvalue weighted by molar-refractivity contribution is -0.140. The summed E-state index contributed by atoms with van der Waals surface area (Å²) in [5.74, 6) is -0.635. The van der Waals surface area contributed by atoms with Gasteiger partial charge in [-0.3, -0.25) is 0 Å². The number of rotatable bonds is 6. The highest BCUT2D eigenvalue weighted by atomic mass is 16.4. The van der Waals surface area contributed by atoms with Gasteiger partial charge in [0.15, 0.2) is 0 Å². The first kappa shape index (κ1) is 15.9. The zero-order valence-electron chi connectivity index (χ0n) is 12.1. The lowest BCUT2D eigenvalue weighted by Gasteiger charge is -2.18. The van der Waals surface area contributed by atoms with Gasteiger partial charge in [-0.1, -0.05) is 13.8 Å². The molecule has 1 unspecified atom stereocenters. The van der Waals surface area contributed by atoms with E-state index in [1.165, 1.54) is 6.33 Å². The fraction of sp³-hybridized carbons (Fsp3) is 0.667. The molecular formula is C12H21N5O3. The molecule has 2 amide bonds. The molecule has 1 aromatic heterocycles. The summed E-state index contributed by atoms with van der Waals surface area (Å²) in [6.07, 6.45) is 1.42. The van der Waals surface area contributed by atoms with Gasteiger partial charge < -0.3 is 15.7 Å². The molecule has 0 saturated carbocycles. The molecule has 112 valence electrons. The van der Waals surface area contributed by atoms with Crippen LogP contribution in [0.1, 0.15) is 39.6 Å². The van der Waals surface area contributed by atoms with E-state index in [1.807, 2.05) is 13.8 Å². The maximum absolute atomic E-state index is 11.7. The first-order valence-electron chi connectivity index (χ1n) is 6.48. The molecule has 0 radical (unpaired) electrons. The molecule has 0 saturated heterocycles. The molecule has 0 bridgehead atoms. The number of carboxylic acid groups (broad SMARTS) is 1. The fourth-order valence-corrected chi connectivity index (χ4v) is 1.70. The average Bonchev–Trinajstić information content (AvgIpc) is 2.81. The van der Waals surface area contributed by atoms with Crippen molar-refractivity contribution >= 4 is 12.0 Å². The molecule has 0 fully saturated rings. The number of nitrogens with one attached hydrogen (secondary N) is 2. The minimum absolute atomic E-state index is 0.139. The SMILES string of the molecule is CC(C)C(NC(=O)NCc1ncnn1C(C)C)C(=O)O. The zero-order chi connectivity index (χ0) is 15.3. The van der Waals surface area contributed by atoms with Crippen molar-refractivity contribution in [2.45, 2.75) is 46.3 Å². The maximum atomic E-state index is 11.7. The highest BCUT2D eigenvalue weighted by Gasteiger charge is 2.23. The number of carbonyl (C=O) groups is 2. The molecular weight excluding hydrogens is 262 g/mol. The summed E-state index contributed by atoms with van der Waals surface area (Å²) in [6.45, 7) is 7.56. The van der Waals surface area contributed by atoms with E-state index in [0.717, 1.165) is 0 Å². The van der Waals surface area contributed by atoms with Crippen LogP contribution in [0, 0.1) is 5.92 Å². The smallest absolute Gasteiger partial charge is 0.326 e. The molecule has 1 atom stereocenters. The van der Waals surface area contributed by atoms with Gasteiger partial charge in [0, 0.05) is 6.04 Å². The second-order valence-corrected chi connectivity index (χ2v) is 5.10. The molecule has 1 aromatic rings. The summed E-state index contributed by atoms with van der Waals surface area (Å²) in [4.78, 5) is 26.7. The van der Waals surface area contributed by atoms with Gasteiger partial charge >= 0.3 is 12.0 Å². The van der Waals surface area contributed by atoms with Crippen LogP contribution >= 0.6 is 0 Å². The normalized spacial score (nSPS) is 12.5. The number of aromatic nitrogens is 3. The quantitative estimate of drug-likeness (QED) is 0.714. The molecule has 0 aromatic carbocycles. The molecule has 3 N–H and O–H groups in total. The predicted molar refractivity (Wildman–Crippen MR) is 72.0 cm³/mol. The lowest BCUT2D eigenvalue weighted by Crippen LogP contribution is -2.48. The third-order valence-corrected chi connectivity index (χ3v) is 2.76. The molecule has 0 spiro atoms. The van der Waals surface area contributed by atoms with Crippen LogP contribution in [0.4, 0.5) is 4.79 Å². The topological polar surface area (TPSA) is 109 Å². The van der Waals surface area contributed by atoms with E-state index in [9.17, 15) is 9.59 Å². The number of hydrogen-bond acceptors (Lipinski definition) is 4. The Morgan fingerprint density at radius 2 is 2.00 bits per heavy atom. The van der Waals surface area contributed by atoms with E-state index >= 15 is 0 Å². The molecule has 20 heavy (non-hydrogen) atoms. The van der Waals surface area contributed by atoms with Crippen molar-refractivity contribution in [3.8, 4) is 0 Å². The summed E-state index contributed by atoms with van der Waals surface area (Å²) in [7, 11) is 0. The van der Waals surface area contributed by atoms with Crippen LogP contribution < -0.4 is 10.6 Å². The Labute approximate surface area is 117 Å². The molecule has 8 heteroatoms. The van der Waals surface area contributed by atoms with Crippen LogP contribution in [-0.4, -0.2) is 37.9 Å². The molecule has 1 heterocycles. The zero-order valence-corrected chi connectivity index (χ0v) is 12.1. The van der Waals surface area contributed by atoms with Crippen LogP contribution in [-0.2, 0) is 11.3 Å². The van der Waals surface area contributed by atoms with Crippen LogP contribution in [0.25, 0.3) is 0 Å². The van der Waals surface area contributed by atoms with Crippen molar-refractivity contribution in [3.05, 3.63) is 12.2 Å². The predicted octanol–water partition coefficient (Wildman–Crippen LogP) is 0.767. The van der Waals surface area contributed by atoms with Gasteiger partial charge in [-0.25, -0.2) is 19.3 Å². The number of hydrogen-bond donors (Lipinski definition) is 3. The molecule has 0 aliphatic carbocycles. The molecule has 0 aliphatic rings. The lowest BCUT2D eigenvalue weighted by atomic mass is 10.1. The Morgan fingerprint density at radius 1 is 1.35 bits per heavy atom. The first-order valence-corrected chi connectivity index (χ1v) is 6.48. The Kier molecular flexibility index (Phi) is 5.48. The monoisotopic (exact) mass is 283 g/mol. The first-order chi connectivity index (χ1) is 9.32. The number of carbonyl (C=O) groups excluding carboxylic acids is 1. The van der Waals surface area contributed by atoms with Crippen LogP contribution in [0.3, 0.4) is 0 Å². The molecule has 1 rings (SSSR count). The minimum Gasteiger partial charge on any atom is -0.480 e. The van der Waals surface area contributed by atoms with Crippen LogP contribution in [0.15, 0.2) is 6.33 Å². The Hall–Kier alpha value is -2.12. The van der Waals surface area contributed by atoms with Gasteiger partial charge in [-0.05, 0) is 19.8 Å². The Morgan fingerprint density at radius 3 is 2.50 bits per heavy atom. The van der Waals surface area contributed by atoms with E-state index in [1.54, 1.807) is 18.5 Å². The summed E-state index contributed by atoms with van der Waals surface area (Å²) >= 11 is 0. The van der Waals surface area contributed by atoms with Crippen molar-refractivity contribution in [1.82, 2.24) is 25.4 Å². The number of carboxylic acids is 1. The second-order valence-electron chi connectivity index (χ2n) is 5.10. The van der Waals surface area contributed by atoms with E-state index < -0.39 is 18.0 Å². The number of urea groups is 1. The third kappa shape index (κ3) is 4.22. The Balaban J connectivity index is 2.55. The maximum Gasteiger partial charge on any atom is 0.326 e. The highest BCUT2D eigenvalue weighted by Crippen LogP contribution is 2.05. The van der Waals surface area contributed by atoms with Crippen LogP contribution in [0.5, 0.6) is 0 Å². The molecule has 8 nitrogen and oxygen atoms in total. The summed E-state index contributed by atoms with van der Waals surface area (Å²) in [6, 6.07) is -1.32. The van der Waals surface area contributed by atoms with Crippen molar-refractivity contribution in [3.63, 3.8) is 0 Å². The summed E-state index contributed by atoms with van der Waals surface area (Å²) in [5, 5.41) is 18.0. The van der Waals surface area contributed by atoms with Gasteiger partial charge in [0.05, 0.1) is 6.54 Å². The van der Waals surface area contributed by atoms with E-state index in [-0.39, 0.29) is 18.5 Å². The third-order valence-electron chi connectivity index (χ3n) is 2.76. The van der Waals surface area contributed by atoms with Crippen molar-refractivity contribution in [2.24, 2.45) is 5.92 Å². The van der Waals surface area contributed by atoms with Crippen LogP contribution in [0.2, 0.25) is 0 Å². The summed E-state index contributed by atoms with van der Waals surface area (Å²) in [5.41, 5.74) is 0. The average molecular weight is 283 g/mol. The van der Waals surface area contributed by atoms with Crippen molar-refractivity contribution in [1.29, 1.82) is 0 Å². The second kappa shape index (κ2) is 6.88. The largest absolute Gasteiger partial charge is 0.480 e. The summed E-state index contributed by atoms with van der Waals surface area (Å²) < 4.78 is 1.69. The number of nitrogens with zero attached hydrogens (tertiary/aromatic N) is 3. The van der Waals surface area contributed by atoms with Crippen molar-refractivity contribution < 1.29 is 14.7 Å². The minimum atomic E-state index is -1.06. The van der Waals surface area contributed by atoms with E-state index in [4.69, 9.17) is 5.11 Å². The van der Waals surface area contributed by atoms with Gasteiger partial charge in [-0.2, -0.15) is 5.10 Å². The number of amides is 2. The fourth-order valence-electron chi connectivity index (χ4n) is 1.70. The van der Waals surface area contributed by atoms with Gasteiger partial charge in [0.2, 0.25) is 0 Å². The van der Waals surface area contributed by atoms with E-state index in [2.05, 4.69) is 20.7 Å². The van der Waals surface area contributed by atoms with E-state index in [0.29, 0.717) is 5.82 Å². The molecule has 0 aliphatic heterocycles. The Bertz CT molecular complexity index is 469. The highest BCUT2D eigenvalue weighted by molar-refractivity contribution is 5.82. The van der Waals surface area contributed by atoms with Gasteiger partial charge in [0.1, 0.15) is 18.2 Å². The van der Waals surface area contributed by atoms with Gasteiger partial charge in [-0.15, -0.1) is 0 Å². The standard InChI is InChI=1S/C12H21N5O3/c1-7(2)10(11(18)19)16-12(20)13-5-9-14-6-15-17(9)8(3)4/h6-8,10H,5H2,1-4H3,(H,18,19)(H2,13,16,20). The van der Waals surface area contributed by atoms with Crippen molar-refractivity contribution in [2.75, 3.05) is 0 Å².